The molecule has 1 aromatic rings. The van der Waals surface area contributed by atoms with Crippen molar-refractivity contribution < 1.29 is 0 Å². The van der Waals surface area contributed by atoms with Gasteiger partial charge >= 0.3 is 0 Å². The molecule has 1 aliphatic rings. The number of hydrogen-bond donors (Lipinski definition) is 0. The monoisotopic (exact) mass is 224 g/mol. The second-order valence-electron chi connectivity index (χ2n) is 4.12. The fourth-order valence-corrected chi connectivity index (χ4v) is 2.20. The molecule has 2 nitrogen and oxygen atoms in total. The van der Waals surface area contributed by atoms with E-state index in [9.17, 15) is 0 Å². The van der Waals surface area contributed by atoms with Gasteiger partial charge in [-0.3, -0.25) is 4.98 Å². The van der Waals surface area contributed by atoms with Crippen molar-refractivity contribution in [3.8, 4) is 0 Å². The zero-order chi connectivity index (χ0) is 10.7. The number of hydrogen-bond acceptors (Lipinski definition) is 2. The van der Waals surface area contributed by atoms with Gasteiger partial charge in [-0.05, 0) is 38.3 Å². The number of alkyl halides is 1. The average Bonchev–Trinajstić information content (AvgIpc) is 2.14. The van der Waals surface area contributed by atoms with E-state index >= 15 is 0 Å². The minimum Gasteiger partial charge on any atom is -0.367 e. The highest BCUT2D eigenvalue weighted by atomic mass is 35.5. The highest BCUT2D eigenvalue weighted by Crippen LogP contribution is 2.29. The molecule has 1 aromatic heterocycles. The molecule has 1 aliphatic carbocycles. The fourth-order valence-electron chi connectivity index (χ4n) is 2.02. The maximum absolute atomic E-state index is 5.85. The van der Waals surface area contributed by atoms with Gasteiger partial charge < -0.3 is 4.90 Å². The van der Waals surface area contributed by atoms with Crippen molar-refractivity contribution in [2.45, 2.75) is 32.2 Å². The molecule has 0 aromatic carbocycles. The van der Waals surface area contributed by atoms with E-state index in [1.165, 1.54) is 24.9 Å². The van der Waals surface area contributed by atoms with Crippen LogP contribution in [0.1, 0.15) is 25.0 Å². The molecule has 1 heterocycles. The quantitative estimate of drug-likeness (QED) is 0.731. The van der Waals surface area contributed by atoms with Crippen molar-refractivity contribution in [3.05, 3.63) is 24.0 Å². The lowest BCUT2D eigenvalue weighted by Crippen LogP contribution is -2.41. The highest BCUT2D eigenvalue weighted by molar-refractivity contribution is 6.18. The summed E-state index contributed by atoms with van der Waals surface area (Å²) in [6.07, 6.45) is 5.84. The molecule has 1 fully saturated rings. The largest absolute Gasteiger partial charge is 0.367 e. The lowest BCUT2D eigenvalue weighted by molar-refractivity contribution is 0.390. The molecule has 15 heavy (non-hydrogen) atoms. The Kier molecular flexibility index (Phi) is 3.47. The standard InChI is InChI=1S/C12H17ClN2/c1-10-9-12(5-7-14-10)15(8-6-13)11-3-2-4-11/h5,7,9,11H,2-4,6,8H2,1H3. The van der Waals surface area contributed by atoms with E-state index < -0.39 is 0 Å². The third-order valence-electron chi connectivity index (χ3n) is 3.05. The van der Waals surface area contributed by atoms with Crippen LogP contribution in [0, 0.1) is 6.92 Å². The Morgan fingerprint density at radius 2 is 2.33 bits per heavy atom. The first-order valence-corrected chi connectivity index (χ1v) is 6.10. The number of halogens is 1. The van der Waals surface area contributed by atoms with E-state index in [1.54, 1.807) is 0 Å². The number of rotatable bonds is 4. The van der Waals surface area contributed by atoms with Crippen LogP contribution in [0.15, 0.2) is 18.3 Å². The summed E-state index contributed by atoms with van der Waals surface area (Å²) in [5.74, 6) is 0.692. The summed E-state index contributed by atoms with van der Waals surface area (Å²) in [5.41, 5.74) is 2.35. The summed E-state index contributed by atoms with van der Waals surface area (Å²) < 4.78 is 0. The first kappa shape index (κ1) is 10.7. The second-order valence-corrected chi connectivity index (χ2v) is 4.50. The van der Waals surface area contributed by atoms with Crippen LogP contribution in [0.25, 0.3) is 0 Å². The summed E-state index contributed by atoms with van der Waals surface area (Å²) in [5, 5.41) is 0. The molecule has 3 heteroatoms. The Bertz CT molecular complexity index is 323. The van der Waals surface area contributed by atoms with Crippen LogP contribution in [-0.4, -0.2) is 23.5 Å². The number of aromatic nitrogens is 1. The zero-order valence-electron chi connectivity index (χ0n) is 9.12. The SMILES string of the molecule is Cc1cc(N(CCCl)C2CCC2)ccn1. The summed E-state index contributed by atoms with van der Waals surface area (Å²) >= 11 is 5.85. The smallest absolute Gasteiger partial charge is 0.0402 e. The topological polar surface area (TPSA) is 16.1 Å². The molecule has 0 aliphatic heterocycles. The Morgan fingerprint density at radius 3 is 2.87 bits per heavy atom. The molecule has 0 amide bonds. The maximum atomic E-state index is 5.85. The van der Waals surface area contributed by atoms with Gasteiger partial charge in [-0.15, -0.1) is 11.6 Å². The van der Waals surface area contributed by atoms with Crippen molar-refractivity contribution in [2.75, 3.05) is 17.3 Å². The molecule has 0 radical (unpaired) electrons. The second kappa shape index (κ2) is 4.84. The molecular weight excluding hydrogens is 208 g/mol. The first-order chi connectivity index (χ1) is 7.31. The summed E-state index contributed by atoms with van der Waals surface area (Å²) in [4.78, 5) is 6.65. The van der Waals surface area contributed by atoms with E-state index in [0.29, 0.717) is 11.9 Å². The lowest BCUT2D eigenvalue weighted by Gasteiger charge is -2.39. The molecule has 0 spiro atoms. The minimum atomic E-state index is 0.692. The Morgan fingerprint density at radius 1 is 1.53 bits per heavy atom. The van der Waals surface area contributed by atoms with E-state index in [2.05, 4.69) is 22.0 Å². The van der Waals surface area contributed by atoms with Crippen molar-refractivity contribution in [1.29, 1.82) is 0 Å². The van der Waals surface area contributed by atoms with Gasteiger partial charge in [-0.25, -0.2) is 0 Å². The van der Waals surface area contributed by atoms with Crippen molar-refractivity contribution in [3.63, 3.8) is 0 Å². The zero-order valence-corrected chi connectivity index (χ0v) is 9.87. The Hall–Kier alpha value is -0.760. The number of anilines is 1. The van der Waals surface area contributed by atoms with Gasteiger partial charge in [0.2, 0.25) is 0 Å². The fraction of sp³-hybridized carbons (Fsp3) is 0.583. The number of nitrogens with zero attached hydrogens (tertiary/aromatic N) is 2. The van der Waals surface area contributed by atoms with Crippen LogP contribution in [0.3, 0.4) is 0 Å². The van der Waals surface area contributed by atoms with Crippen LogP contribution in [-0.2, 0) is 0 Å². The van der Waals surface area contributed by atoms with Gasteiger partial charge in [-0.1, -0.05) is 0 Å². The molecule has 0 saturated heterocycles. The van der Waals surface area contributed by atoms with Crippen LogP contribution in [0.4, 0.5) is 5.69 Å². The van der Waals surface area contributed by atoms with Crippen molar-refractivity contribution >= 4 is 17.3 Å². The molecule has 2 rings (SSSR count). The van der Waals surface area contributed by atoms with Crippen LogP contribution < -0.4 is 4.90 Å². The highest BCUT2D eigenvalue weighted by Gasteiger charge is 2.24. The van der Waals surface area contributed by atoms with E-state index in [1.807, 2.05) is 13.1 Å². The summed E-state index contributed by atoms with van der Waals surface area (Å²) in [6, 6.07) is 4.92. The Labute approximate surface area is 96.3 Å². The van der Waals surface area contributed by atoms with Gasteiger partial charge in [-0.2, -0.15) is 0 Å². The lowest BCUT2D eigenvalue weighted by atomic mass is 9.91. The summed E-state index contributed by atoms with van der Waals surface area (Å²) in [6.45, 7) is 2.97. The van der Waals surface area contributed by atoms with Crippen LogP contribution in [0.5, 0.6) is 0 Å². The minimum absolute atomic E-state index is 0.692. The van der Waals surface area contributed by atoms with Gasteiger partial charge in [0.15, 0.2) is 0 Å². The van der Waals surface area contributed by atoms with E-state index in [-0.39, 0.29) is 0 Å². The van der Waals surface area contributed by atoms with E-state index in [0.717, 1.165) is 12.2 Å². The average molecular weight is 225 g/mol. The third kappa shape index (κ3) is 2.43. The normalized spacial score (nSPS) is 16.1. The number of pyridine rings is 1. The van der Waals surface area contributed by atoms with Crippen LogP contribution in [0.2, 0.25) is 0 Å². The van der Waals surface area contributed by atoms with Crippen LogP contribution >= 0.6 is 11.6 Å². The predicted octanol–water partition coefficient (Wildman–Crippen LogP) is 2.99. The van der Waals surface area contributed by atoms with Crippen molar-refractivity contribution in [1.82, 2.24) is 4.98 Å². The molecule has 0 N–H and O–H groups in total. The van der Waals surface area contributed by atoms with Gasteiger partial charge in [0.05, 0.1) is 0 Å². The molecular formula is C12H17ClN2. The molecule has 0 unspecified atom stereocenters. The molecule has 1 saturated carbocycles. The van der Waals surface area contributed by atoms with Gasteiger partial charge in [0, 0.05) is 36.0 Å². The van der Waals surface area contributed by atoms with E-state index in [4.69, 9.17) is 11.6 Å². The van der Waals surface area contributed by atoms with Gasteiger partial charge in [0.1, 0.15) is 0 Å². The molecule has 82 valence electrons. The maximum Gasteiger partial charge on any atom is 0.0402 e. The number of aryl methyl sites for hydroxylation is 1. The molecule has 0 atom stereocenters. The van der Waals surface area contributed by atoms with Crippen molar-refractivity contribution in [2.24, 2.45) is 0 Å². The van der Waals surface area contributed by atoms with Gasteiger partial charge in [0.25, 0.3) is 0 Å². The molecule has 0 bridgehead atoms. The Balaban J connectivity index is 2.15. The first-order valence-electron chi connectivity index (χ1n) is 5.56. The summed E-state index contributed by atoms with van der Waals surface area (Å²) in [7, 11) is 0. The predicted molar refractivity (Wildman–Crippen MR) is 64.7 cm³/mol. The third-order valence-corrected chi connectivity index (χ3v) is 3.22.